The normalized spacial score (nSPS) is 17.7. The Hall–Kier alpha value is -0.146. The summed E-state index contributed by atoms with van der Waals surface area (Å²) in [6.45, 7) is 58.9. The van der Waals surface area contributed by atoms with Crippen LogP contribution in [0.1, 0.15) is 82.8 Å². The molecule has 3 aromatic rings. The Balaban J connectivity index is 2.52. The summed E-state index contributed by atoms with van der Waals surface area (Å²) >= 11 is -3.40. The molecule has 0 N–H and O–H groups in total. The van der Waals surface area contributed by atoms with Gasteiger partial charge in [0.1, 0.15) is 0 Å². The fourth-order valence-electron chi connectivity index (χ4n) is 12.0. The van der Waals surface area contributed by atoms with Crippen molar-refractivity contribution in [2.75, 3.05) is 0 Å². The van der Waals surface area contributed by atoms with Crippen LogP contribution in [0.2, 0.25) is 118 Å². The van der Waals surface area contributed by atoms with Crippen LogP contribution in [0.15, 0.2) is 59.5 Å². The molecule has 1 aliphatic heterocycles. The van der Waals surface area contributed by atoms with Gasteiger partial charge in [-0.3, -0.25) is 0 Å². The maximum absolute atomic E-state index is 3.40. The molecule has 4 rings (SSSR count). The average Bonchev–Trinajstić information content (AvgIpc) is 2.89. The summed E-state index contributed by atoms with van der Waals surface area (Å²) in [6.07, 6.45) is 0. The van der Waals surface area contributed by atoms with E-state index in [1.807, 2.05) is 19.9 Å². The molecule has 0 radical (unpaired) electrons. The number of fused-ring (bicyclic) bond motifs is 1. The van der Waals surface area contributed by atoms with Crippen LogP contribution >= 0.6 is 10.1 Å². The molecule has 1 aliphatic rings. The zero-order chi connectivity index (χ0) is 40.7. The van der Waals surface area contributed by atoms with Gasteiger partial charge in [0.05, 0.1) is 0 Å². The van der Waals surface area contributed by atoms with Crippen molar-refractivity contribution >= 4 is 83.8 Å². The molecular weight excluding hydrogens is 814 g/mol. The van der Waals surface area contributed by atoms with E-state index in [2.05, 4.69) is 210 Å². The fraction of sp³-hybridized carbons (Fsp3) is 0.600. The van der Waals surface area contributed by atoms with Gasteiger partial charge in [-0.1, -0.05) is 0 Å². The van der Waals surface area contributed by atoms with Gasteiger partial charge in [-0.25, -0.2) is 0 Å². The van der Waals surface area contributed by atoms with E-state index in [1.165, 1.54) is 0 Å². The third-order valence-electron chi connectivity index (χ3n) is 12.0. The first-order chi connectivity index (χ1) is 23.8. The third-order valence-corrected chi connectivity index (χ3v) is 55.6. The van der Waals surface area contributed by atoms with Crippen molar-refractivity contribution in [3.05, 3.63) is 82.4 Å². The Morgan fingerprint density at radius 1 is 0.415 bits per heavy atom. The molecule has 1 heterocycles. The van der Waals surface area contributed by atoms with Crippen LogP contribution in [0.5, 0.6) is 0 Å². The van der Waals surface area contributed by atoms with Gasteiger partial charge >= 0.3 is 344 Å². The summed E-state index contributed by atoms with van der Waals surface area (Å²) in [6, 6.07) is 23.3. The van der Waals surface area contributed by atoms with Crippen LogP contribution in [-0.2, 0) is 0 Å². The standard InChI is InChI=1S/C45H80GeSSi6/c1-32(2)35-26-25-27-36(33(3)4)41(35)46(39-28-23-24-29-40(39)47-46)42-37(44(50(11,12)13)51(14,15)16)30-34(43(48(5,6)7)49(8,9)10)31-38(42)45(52(17,18)19)53(20,21)22/h23-33,43-45H,1-22H3. The third kappa shape index (κ3) is 8.97. The van der Waals surface area contributed by atoms with Crippen LogP contribution in [-0.4, -0.2) is 60.6 Å². The minimum absolute atomic E-state index is 0.489. The predicted molar refractivity (Wildman–Crippen MR) is 266 cm³/mol. The van der Waals surface area contributed by atoms with Crippen LogP contribution in [0, 0.1) is 0 Å². The average molecular weight is 894 g/mol. The SMILES string of the molecule is CC(C)c1cccc(C(C)C)[c]1[Ge]1([c]2c(C([Si](C)(C)C)[Si](C)(C)C)cc(C([Si](C)(C)C)[Si](C)(C)C)cc2C([Si](C)(C)C)[Si](C)(C)C)[S]c2cccc[c]21. The van der Waals surface area contributed by atoms with E-state index in [-0.39, 0.29) is 0 Å². The second-order valence-corrected chi connectivity index (χ2v) is 68.8. The van der Waals surface area contributed by atoms with Crippen LogP contribution in [0.4, 0.5) is 0 Å². The predicted octanol–water partition coefficient (Wildman–Crippen LogP) is 13.5. The number of hydrogen-bond acceptors (Lipinski definition) is 1. The van der Waals surface area contributed by atoms with Gasteiger partial charge in [-0.2, -0.15) is 0 Å². The van der Waals surface area contributed by atoms with Crippen LogP contribution < -0.4 is 13.2 Å². The molecular formula is C45H80GeSSi6. The molecule has 1 atom stereocenters. The van der Waals surface area contributed by atoms with Gasteiger partial charge in [-0.15, -0.1) is 0 Å². The van der Waals surface area contributed by atoms with E-state index in [1.54, 1.807) is 26.0 Å². The van der Waals surface area contributed by atoms with E-state index in [0.717, 1.165) is 5.16 Å². The molecule has 53 heavy (non-hydrogen) atoms. The monoisotopic (exact) mass is 894 g/mol. The Morgan fingerprint density at radius 2 is 0.755 bits per heavy atom. The zero-order valence-electron chi connectivity index (χ0n) is 38.5. The first-order valence-corrected chi connectivity index (χ1v) is 48.9. The maximum atomic E-state index is 2.98. The van der Waals surface area contributed by atoms with E-state index in [9.17, 15) is 0 Å². The molecule has 0 nitrogen and oxygen atoms in total. The first kappa shape index (κ1) is 45.6. The van der Waals surface area contributed by atoms with E-state index in [0.29, 0.717) is 22.2 Å². The first-order valence-electron chi connectivity index (χ1n) is 20.9. The fourth-order valence-corrected chi connectivity index (χ4v) is 69.8. The van der Waals surface area contributed by atoms with Gasteiger partial charge in [-0.05, 0) is 0 Å². The molecule has 0 amide bonds. The molecule has 0 spiro atoms. The second-order valence-electron chi connectivity index (χ2n) is 24.0. The topological polar surface area (TPSA) is 0 Å². The molecule has 0 saturated heterocycles. The number of benzene rings is 3. The molecule has 0 saturated carbocycles. The van der Waals surface area contributed by atoms with Gasteiger partial charge in [0.15, 0.2) is 0 Å². The Labute approximate surface area is 341 Å². The van der Waals surface area contributed by atoms with Crippen LogP contribution in [0.3, 0.4) is 0 Å². The number of rotatable bonds is 13. The van der Waals surface area contributed by atoms with Gasteiger partial charge in [0, 0.05) is 0 Å². The summed E-state index contributed by atoms with van der Waals surface area (Å²) < 4.78 is 5.52. The summed E-state index contributed by atoms with van der Waals surface area (Å²) in [5.74, 6) is 0.979. The molecule has 8 heteroatoms. The van der Waals surface area contributed by atoms with Gasteiger partial charge in [0.2, 0.25) is 0 Å². The molecule has 0 aliphatic carbocycles. The summed E-state index contributed by atoms with van der Waals surface area (Å²) in [5, 5.41) is 2.12. The Morgan fingerprint density at radius 3 is 1.08 bits per heavy atom. The molecule has 0 fully saturated rings. The molecule has 3 aromatic carbocycles. The summed E-state index contributed by atoms with van der Waals surface area (Å²) in [7, 11) is -7.51. The zero-order valence-corrected chi connectivity index (χ0v) is 47.4. The van der Waals surface area contributed by atoms with Crippen molar-refractivity contribution in [3.8, 4) is 0 Å². The van der Waals surface area contributed by atoms with E-state index in [4.69, 9.17) is 0 Å². The summed E-state index contributed by atoms with van der Waals surface area (Å²) in [4.78, 5) is 1.57. The quantitative estimate of drug-likeness (QED) is 0.154. The molecule has 294 valence electrons. The van der Waals surface area contributed by atoms with Crippen molar-refractivity contribution < 1.29 is 0 Å². The van der Waals surface area contributed by atoms with Gasteiger partial charge < -0.3 is 0 Å². The van der Waals surface area contributed by atoms with Crippen LogP contribution in [0.25, 0.3) is 0 Å². The van der Waals surface area contributed by atoms with Crippen molar-refractivity contribution in [2.45, 2.75) is 178 Å². The molecule has 0 bridgehead atoms. The van der Waals surface area contributed by atoms with Crippen molar-refractivity contribution in [1.82, 2.24) is 0 Å². The second kappa shape index (κ2) is 15.2. The van der Waals surface area contributed by atoms with Crippen molar-refractivity contribution in [2.24, 2.45) is 0 Å². The van der Waals surface area contributed by atoms with Crippen molar-refractivity contribution in [1.29, 1.82) is 0 Å². The molecule has 1 unspecified atom stereocenters. The minimum atomic E-state index is -3.40. The van der Waals surface area contributed by atoms with E-state index >= 15 is 0 Å². The van der Waals surface area contributed by atoms with Gasteiger partial charge in [0.25, 0.3) is 0 Å². The van der Waals surface area contributed by atoms with Crippen molar-refractivity contribution in [3.63, 3.8) is 0 Å². The Bertz CT molecular complexity index is 1670. The summed E-state index contributed by atoms with van der Waals surface area (Å²) in [5.41, 5.74) is 8.77. The molecule has 0 aromatic heterocycles. The number of hydrogen-bond donors (Lipinski definition) is 0. The Kier molecular flexibility index (Phi) is 13.1. The van der Waals surface area contributed by atoms with E-state index < -0.39 is 60.6 Å².